The lowest BCUT2D eigenvalue weighted by Gasteiger charge is -2.49. The lowest BCUT2D eigenvalue weighted by Crippen LogP contribution is -2.55. The second-order valence-corrected chi connectivity index (χ2v) is 28.4. The fraction of sp³-hybridized carbons (Fsp3) is 0.933. The van der Waals surface area contributed by atoms with Gasteiger partial charge in [0, 0.05) is 74.0 Å². The molecule has 0 saturated heterocycles. The molecule has 0 atom stereocenters. The van der Waals surface area contributed by atoms with E-state index in [2.05, 4.69) is 194 Å². The van der Waals surface area contributed by atoms with Crippen LogP contribution in [0.2, 0.25) is 0 Å². The predicted octanol–water partition coefficient (Wildman–Crippen LogP) is 15.8. The first-order chi connectivity index (χ1) is 29.7. The highest BCUT2D eigenvalue weighted by atomic mass is 16.2. The summed E-state index contributed by atoms with van der Waals surface area (Å²) in [6, 6.07) is 0.522. The van der Waals surface area contributed by atoms with E-state index in [-0.39, 0.29) is 91.1 Å². The van der Waals surface area contributed by atoms with E-state index in [0.29, 0.717) is 23.7 Å². The van der Waals surface area contributed by atoms with Crippen molar-refractivity contribution in [3.05, 3.63) is 0 Å². The molecular formula is C60H124N4O4. The number of carbonyl (C=O) groups is 4. The SMILES string of the molecule is CC(C)CC(C)(C)C(C)(C)C(=O)N(C)C(C)C.CC(C)CC(C)(C)C(C)(C)C(=O)N(C)C(C)C.CC(C)CC(C)(C)C(C)(C)N(C)C(=O)C(C)C.CC(C)CC(C)(C)C(C)(C)N(C)C(=O)C(C)C. The van der Waals surface area contributed by atoms with Crippen molar-refractivity contribution < 1.29 is 19.2 Å². The van der Waals surface area contributed by atoms with Gasteiger partial charge in [-0.05, 0) is 126 Å². The molecule has 0 saturated carbocycles. The fourth-order valence-electron chi connectivity index (χ4n) is 9.26. The molecule has 0 aliphatic rings. The Kier molecular flexibility index (Phi) is 29.4. The van der Waals surface area contributed by atoms with Crippen molar-refractivity contribution in [3.63, 3.8) is 0 Å². The first-order valence-corrected chi connectivity index (χ1v) is 26.8. The molecule has 0 bridgehead atoms. The zero-order chi connectivity index (χ0) is 56.1. The van der Waals surface area contributed by atoms with Crippen molar-refractivity contribution >= 4 is 23.6 Å². The first-order valence-electron chi connectivity index (χ1n) is 26.8. The van der Waals surface area contributed by atoms with Crippen LogP contribution < -0.4 is 0 Å². The topological polar surface area (TPSA) is 81.2 Å². The van der Waals surface area contributed by atoms with Gasteiger partial charge in [-0.2, -0.15) is 0 Å². The maximum Gasteiger partial charge on any atom is 0.228 e. The zero-order valence-corrected chi connectivity index (χ0v) is 52.9. The highest BCUT2D eigenvalue weighted by Crippen LogP contribution is 2.46. The summed E-state index contributed by atoms with van der Waals surface area (Å²) in [7, 11) is 7.68. The molecule has 8 nitrogen and oxygen atoms in total. The largest absolute Gasteiger partial charge is 0.343 e. The molecule has 0 aliphatic heterocycles. The molecule has 0 fully saturated rings. The molecule has 0 aromatic carbocycles. The van der Waals surface area contributed by atoms with E-state index in [9.17, 15) is 19.2 Å². The first kappa shape index (κ1) is 72.4. The van der Waals surface area contributed by atoms with E-state index in [1.807, 2.05) is 75.5 Å². The Morgan fingerprint density at radius 3 is 0.647 bits per heavy atom. The molecule has 0 aromatic rings. The van der Waals surface area contributed by atoms with Gasteiger partial charge in [-0.15, -0.1) is 0 Å². The Morgan fingerprint density at radius 2 is 0.500 bits per heavy atom. The van der Waals surface area contributed by atoms with E-state index in [4.69, 9.17) is 0 Å². The van der Waals surface area contributed by atoms with E-state index < -0.39 is 0 Å². The van der Waals surface area contributed by atoms with Crippen LogP contribution in [0.15, 0.2) is 0 Å². The lowest BCUT2D eigenvalue weighted by molar-refractivity contribution is -0.148. The third-order valence-corrected chi connectivity index (χ3v) is 17.0. The minimum absolute atomic E-state index is 0.0153. The van der Waals surface area contributed by atoms with Crippen LogP contribution in [0.1, 0.15) is 247 Å². The number of rotatable bonds is 20. The number of hydrogen-bond acceptors (Lipinski definition) is 4. The third kappa shape index (κ3) is 20.9. The average molecular weight is 966 g/mol. The highest BCUT2D eigenvalue weighted by molar-refractivity contribution is 5.83. The molecule has 0 rings (SSSR count). The summed E-state index contributed by atoms with van der Waals surface area (Å²) >= 11 is 0. The van der Waals surface area contributed by atoms with Crippen LogP contribution >= 0.6 is 0 Å². The molecule has 0 N–H and O–H groups in total. The smallest absolute Gasteiger partial charge is 0.228 e. The van der Waals surface area contributed by atoms with Crippen LogP contribution in [0.3, 0.4) is 0 Å². The maximum absolute atomic E-state index is 12.6. The molecule has 0 unspecified atom stereocenters. The third-order valence-electron chi connectivity index (χ3n) is 17.0. The van der Waals surface area contributed by atoms with Crippen LogP contribution in [-0.2, 0) is 19.2 Å². The Bertz CT molecular complexity index is 1390. The fourth-order valence-corrected chi connectivity index (χ4v) is 9.26. The van der Waals surface area contributed by atoms with Crippen LogP contribution in [0.25, 0.3) is 0 Å². The quantitative estimate of drug-likeness (QED) is 0.122. The molecule has 0 aromatic heterocycles. The Balaban J connectivity index is -0.000000402. The van der Waals surface area contributed by atoms with Crippen molar-refractivity contribution in [1.29, 1.82) is 0 Å². The average Bonchev–Trinajstić information content (AvgIpc) is 3.13. The highest BCUT2D eigenvalue weighted by Gasteiger charge is 2.47. The lowest BCUT2D eigenvalue weighted by atomic mass is 9.63. The van der Waals surface area contributed by atoms with Crippen molar-refractivity contribution in [3.8, 4) is 0 Å². The second kappa shape index (κ2) is 27.6. The molecule has 0 radical (unpaired) electrons. The van der Waals surface area contributed by atoms with E-state index in [0.717, 1.165) is 25.7 Å². The van der Waals surface area contributed by atoms with Crippen LogP contribution in [0.5, 0.6) is 0 Å². The summed E-state index contributed by atoms with van der Waals surface area (Å²) in [4.78, 5) is 57.0. The summed E-state index contributed by atoms with van der Waals surface area (Å²) in [6.07, 6.45) is 4.38. The van der Waals surface area contributed by atoms with Gasteiger partial charge >= 0.3 is 0 Å². The number of carbonyl (C=O) groups excluding carboxylic acids is 4. The molecule has 0 spiro atoms. The van der Waals surface area contributed by atoms with Gasteiger partial charge in [0.1, 0.15) is 0 Å². The minimum Gasteiger partial charge on any atom is -0.343 e. The maximum atomic E-state index is 12.6. The van der Waals surface area contributed by atoms with Gasteiger partial charge in [-0.1, -0.05) is 166 Å². The molecule has 8 heteroatoms. The van der Waals surface area contributed by atoms with E-state index >= 15 is 0 Å². The normalized spacial score (nSPS) is 13.4. The van der Waals surface area contributed by atoms with Crippen LogP contribution in [-0.4, -0.2) is 94.6 Å². The van der Waals surface area contributed by atoms with Gasteiger partial charge < -0.3 is 19.6 Å². The Labute approximate surface area is 427 Å². The summed E-state index contributed by atoms with van der Waals surface area (Å²) in [6.45, 7) is 68.8. The van der Waals surface area contributed by atoms with E-state index in [1.54, 1.807) is 0 Å². The Hall–Kier alpha value is -2.12. The van der Waals surface area contributed by atoms with Crippen LogP contribution in [0.4, 0.5) is 0 Å². The standard InChI is InChI=1S/4C15H31NO/c2*1-11(2)10-14(5,6)15(7,8)13(17)16(9)12(3)4;2*1-11(2)10-14(5,6)15(7,8)16(9)13(17)12(3)4/h4*11-12H,10H2,1-9H3. The number of hydrogen-bond donors (Lipinski definition) is 0. The van der Waals surface area contributed by atoms with E-state index in [1.165, 1.54) is 0 Å². The number of nitrogens with zero attached hydrogens (tertiary/aromatic N) is 4. The molecule has 0 aliphatic carbocycles. The summed E-state index contributed by atoms with van der Waals surface area (Å²) in [5, 5.41) is 0. The summed E-state index contributed by atoms with van der Waals surface area (Å²) in [5.74, 6) is 3.60. The van der Waals surface area contributed by atoms with Gasteiger partial charge in [0.2, 0.25) is 23.6 Å². The summed E-state index contributed by atoms with van der Waals surface area (Å²) < 4.78 is 0. The van der Waals surface area contributed by atoms with Crippen molar-refractivity contribution in [1.82, 2.24) is 19.6 Å². The predicted molar refractivity (Wildman–Crippen MR) is 300 cm³/mol. The van der Waals surface area contributed by atoms with Gasteiger partial charge in [-0.3, -0.25) is 19.2 Å². The van der Waals surface area contributed by atoms with Crippen molar-refractivity contribution in [2.24, 2.45) is 68.0 Å². The van der Waals surface area contributed by atoms with Crippen LogP contribution in [0, 0.1) is 68.0 Å². The zero-order valence-electron chi connectivity index (χ0n) is 52.9. The van der Waals surface area contributed by atoms with Gasteiger partial charge in [0.25, 0.3) is 0 Å². The molecule has 4 amide bonds. The van der Waals surface area contributed by atoms with Crippen molar-refractivity contribution in [2.75, 3.05) is 28.2 Å². The molecular weight excluding hydrogens is 841 g/mol. The summed E-state index contributed by atoms with van der Waals surface area (Å²) in [5.41, 5.74) is -0.645. The van der Waals surface area contributed by atoms with Gasteiger partial charge in [0.05, 0.1) is 0 Å². The molecule has 408 valence electrons. The minimum atomic E-state index is -0.323. The Morgan fingerprint density at radius 1 is 0.324 bits per heavy atom. The van der Waals surface area contributed by atoms with Gasteiger partial charge in [0.15, 0.2) is 0 Å². The van der Waals surface area contributed by atoms with Gasteiger partial charge in [-0.25, -0.2) is 0 Å². The molecule has 0 heterocycles. The monoisotopic (exact) mass is 965 g/mol. The second-order valence-electron chi connectivity index (χ2n) is 28.4. The number of amides is 4. The van der Waals surface area contributed by atoms with Crippen molar-refractivity contribution in [2.45, 2.75) is 270 Å². The molecule has 68 heavy (non-hydrogen) atoms.